The van der Waals surface area contributed by atoms with Gasteiger partial charge >= 0.3 is 0 Å². The summed E-state index contributed by atoms with van der Waals surface area (Å²) in [5, 5.41) is 0. The lowest BCUT2D eigenvalue weighted by atomic mass is 10.1. The van der Waals surface area contributed by atoms with Crippen molar-refractivity contribution >= 4 is 5.82 Å². The van der Waals surface area contributed by atoms with Gasteiger partial charge in [0.15, 0.2) is 0 Å². The van der Waals surface area contributed by atoms with Crippen LogP contribution < -0.4 is 10.6 Å². The summed E-state index contributed by atoms with van der Waals surface area (Å²) >= 11 is 0. The van der Waals surface area contributed by atoms with Crippen molar-refractivity contribution in [3.05, 3.63) is 23.9 Å². The third-order valence-electron chi connectivity index (χ3n) is 3.75. The van der Waals surface area contributed by atoms with Crippen LogP contribution in [0.25, 0.3) is 0 Å². The van der Waals surface area contributed by atoms with Crippen LogP contribution in [-0.2, 0) is 6.42 Å². The van der Waals surface area contributed by atoms with E-state index in [0.717, 1.165) is 18.8 Å². The van der Waals surface area contributed by atoms with E-state index in [9.17, 15) is 0 Å². The largest absolute Gasteiger partial charge is 0.355 e. The maximum absolute atomic E-state index is 5.55. The van der Waals surface area contributed by atoms with Gasteiger partial charge in [0.1, 0.15) is 5.82 Å². The number of likely N-dealkylation sites (N-methyl/N-ethyl adjacent to an activating group) is 2. The molecular weight excluding hydrogens is 224 g/mol. The molecule has 18 heavy (non-hydrogen) atoms. The van der Waals surface area contributed by atoms with Crippen molar-refractivity contribution in [1.29, 1.82) is 0 Å². The minimum Gasteiger partial charge on any atom is -0.355 e. The summed E-state index contributed by atoms with van der Waals surface area (Å²) in [4.78, 5) is 9.25. The second-order valence-electron chi connectivity index (χ2n) is 5.23. The predicted molar refractivity (Wildman–Crippen MR) is 75.9 cm³/mol. The van der Waals surface area contributed by atoms with E-state index in [1.54, 1.807) is 0 Å². The number of piperidine rings is 1. The zero-order chi connectivity index (χ0) is 13.0. The van der Waals surface area contributed by atoms with Crippen LogP contribution in [0.15, 0.2) is 18.3 Å². The number of hydrogen-bond acceptors (Lipinski definition) is 4. The third-order valence-corrected chi connectivity index (χ3v) is 3.75. The van der Waals surface area contributed by atoms with Gasteiger partial charge in [-0.1, -0.05) is 6.07 Å². The van der Waals surface area contributed by atoms with Gasteiger partial charge in [0.05, 0.1) is 0 Å². The molecule has 1 aromatic rings. The molecule has 1 saturated heterocycles. The van der Waals surface area contributed by atoms with Crippen molar-refractivity contribution in [2.24, 2.45) is 5.73 Å². The Hall–Kier alpha value is -1.13. The molecule has 100 valence electrons. The Balaban J connectivity index is 2.01. The molecule has 0 amide bonds. The summed E-state index contributed by atoms with van der Waals surface area (Å²) in [5.74, 6) is 1.07. The Morgan fingerprint density at radius 2 is 2.33 bits per heavy atom. The van der Waals surface area contributed by atoms with Gasteiger partial charge in [-0.2, -0.15) is 0 Å². The Labute approximate surface area is 110 Å². The molecular formula is C14H24N4. The average molecular weight is 248 g/mol. The van der Waals surface area contributed by atoms with Crippen LogP contribution in [0.5, 0.6) is 0 Å². The molecule has 1 unspecified atom stereocenters. The molecule has 0 aliphatic carbocycles. The monoisotopic (exact) mass is 248 g/mol. The maximum Gasteiger partial charge on any atom is 0.128 e. The molecule has 1 aliphatic heterocycles. The fourth-order valence-corrected chi connectivity index (χ4v) is 2.58. The standard InChI is InChI=1S/C14H24N4/c1-17-9-3-4-13(11-17)18(2)14-6-5-12(7-8-15)10-16-14/h5-6,10,13H,3-4,7-9,11,15H2,1-2H3. The van der Waals surface area contributed by atoms with E-state index in [-0.39, 0.29) is 0 Å². The van der Waals surface area contributed by atoms with Gasteiger partial charge < -0.3 is 15.5 Å². The summed E-state index contributed by atoms with van der Waals surface area (Å²) in [6.07, 6.45) is 5.39. The van der Waals surface area contributed by atoms with E-state index < -0.39 is 0 Å². The van der Waals surface area contributed by atoms with Gasteiger partial charge in [0, 0.05) is 25.8 Å². The van der Waals surface area contributed by atoms with Crippen LogP contribution in [0.3, 0.4) is 0 Å². The highest BCUT2D eigenvalue weighted by Crippen LogP contribution is 2.19. The predicted octanol–water partition coefficient (Wildman–Crippen LogP) is 1.11. The molecule has 0 aromatic carbocycles. The van der Waals surface area contributed by atoms with Gasteiger partial charge in [0.25, 0.3) is 0 Å². The summed E-state index contributed by atoms with van der Waals surface area (Å²) < 4.78 is 0. The number of nitrogens with two attached hydrogens (primary N) is 1. The Bertz CT molecular complexity index is 363. The fourth-order valence-electron chi connectivity index (χ4n) is 2.58. The van der Waals surface area contributed by atoms with Crippen molar-refractivity contribution < 1.29 is 0 Å². The number of anilines is 1. The van der Waals surface area contributed by atoms with Gasteiger partial charge in [-0.05, 0) is 51.0 Å². The lowest BCUT2D eigenvalue weighted by molar-refractivity contribution is 0.247. The fraction of sp³-hybridized carbons (Fsp3) is 0.643. The maximum atomic E-state index is 5.55. The van der Waals surface area contributed by atoms with Crippen LogP contribution >= 0.6 is 0 Å². The average Bonchev–Trinajstić information content (AvgIpc) is 2.39. The van der Waals surface area contributed by atoms with E-state index in [4.69, 9.17) is 5.73 Å². The lowest BCUT2D eigenvalue weighted by Gasteiger charge is -2.36. The SMILES string of the molecule is CN1CCCC(N(C)c2ccc(CCN)cn2)C1. The molecule has 4 heteroatoms. The minimum absolute atomic E-state index is 0.580. The van der Waals surface area contributed by atoms with E-state index in [1.807, 2.05) is 6.20 Å². The summed E-state index contributed by atoms with van der Waals surface area (Å²) in [6, 6.07) is 4.83. The number of likely N-dealkylation sites (tertiary alicyclic amines) is 1. The molecule has 0 bridgehead atoms. The molecule has 2 rings (SSSR count). The Morgan fingerprint density at radius 1 is 1.50 bits per heavy atom. The number of aromatic nitrogens is 1. The van der Waals surface area contributed by atoms with Crippen molar-refractivity contribution in [3.8, 4) is 0 Å². The third kappa shape index (κ3) is 3.21. The quantitative estimate of drug-likeness (QED) is 0.867. The molecule has 1 aliphatic rings. The first-order chi connectivity index (χ1) is 8.70. The molecule has 1 fully saturated rings. The first-order valence-electron chi connectivity index (χ1n) is 6.77. The topological polar surface area (TPSA) is 45.4 Å². The summed E-state index contributed by atoms with van der Waals surface area (Å²) in [5.41, 5.74) is 6.76. The first-order valence-corrected chi connectivity index (χ1v) is 6.77. The van der Waals surface area contributed by atoms with Crippen LogP contribution in [0.1, 0.15) is 18.4 Å². The zero-order valence-electron chi connectivity index (χ0n) is 11.5. The van der Waals surface area contributed by atoms with Crippen molar-refractivity contribution in [3.63, 3.8) is 0 Å². The molecule has 1 atom stereocenters. The highest BCUT2D eigenvalue weighted by molar-refractivity contribution is 5.40. The zero-order valence-corrected chi connectivity index (χ0v) is 11.5. The molecule has 2 N–H and O–H groups in total. The number of nitrogens with zero attached hydrogens (tertiary/aromatic N) is 3. The van der Waals surface area contributed by atoms with Crippen LogP contribution in [0, 0.1) is 0 Å². The molecule has 0 saturated carbocycles. The molecule has 0 spiro atoms. The van der Waals surface area contributed by atoms with Crippen LogP contribution in [0.4, 0.5) is 5.82 Å². The van der Waals surface area contributed by atoms with E-state index in [1.165, 1.54) is 24.9 Å². The second kappa shape index (κ2) is 6.16. The number of rotatable bonds is 4. The van der Waals surface area contributed by atoms with Crippen LogP contribution in [0.2, 0.25) is 0 Å². The Kier molecular flexibility index (Phi) is 4.55. The second-order valence-corrected chi connectivity index (χ2v) is 5.23. The van der Waals surface area contributed by atoms with E-state index in [0.29, 0.717) is 12.6 Å². The lowest BCUT2D eigenvalue weighted by Crippen LogP contribution is -2.45. The summed E-state index contributed by atoms with van der Waals surface area (Å²) in [6.45, 7) is 3.03. The van der Waals surface area contributed by atoms with E-state index >= 15 is 0 Å². The van der Waals surface area contributed by atoms with Gasteiger partial charge in [-0.15, -0.1) is 0 Å². The smallest absolute Gasteiger partial charge is 0.128 e. The van der Waals surface area contributed by atoms with Crippen molar-refractivity contribution in [2.75, 3.05) is 38.6 Å². The minimum atomic E-state index is 0.580. The highest BCUT2D eigenvalue weighted by Gasteiger charge is 2.21. The Morgan fingerprint density at radius 3 is 2.94 bits per heavy atom. The molecule has 1 aromatic heterocycles. The normalized spacial score (nSPS) is 20.9. The first kappa shape index (κ1) is 13.3. The summed E-state index contributed by atoms with van der Waals surface area (Å²) in [7, 11) is 4.34. The highest BCUT2D eigenvalue weighted by atomic mass is 15.2. The van der Waals surface area contributed by atoms with E-state index in [2.05, 4.69) is 41.0 Å². The van der Waals surface area contributed by atoms with Gasteiger partial charge in [-0.3, -0.25) is 0 Å². The van der Waals surface area contributed by atoms with Gasteiger partial charge in [0.2, 0.25) is 0 Å². The molecule has 4 nitrogen and oxygen atoms in total. The number of hydrogen-bond donors (Lipinski definition) is 1. The molecule has 0 radical (unpaired) electrons. The van der Waals surface area contributed by atoms with Crippen molar-refractivity contribution in [1.82, 2.24) is 9.88 Å². The number of pyridine rings is 1. The molecule has 2 heterocycles. The van der Waals surface area contributed by atoms with Crippen molar-refractivity contribution in [2.45, 2.75) is 25.3 Å². The van der Waals surface area contributed by atoms with Crippen LogP contribution in [-0.4, -0.2) is 49.7 Å². The van der Waals surface area contributed by atoms with Gasteiger partial charge in [-0.25, -0.2) is 4.98 Å².